The predicted octanol–water partition coefficient (Wildman–Crippen LogP) is 4.42. The average molecular weight is 410 g/mol. The highest BCUT2D eigenvalue weighted by molar-refractivity contribution is 7.17. The SMILES string of the molecule is Cc1cc(C)cc(NC(=O)[C@H]2CCCN(c3nnc(-n4c(C)ccc4C)s3)C2)c1. The molecule has 0 radical (unpaired) electrons. The number of amides is 1. The minimum atomic E-state index is -0.0491. The van der Waals surface area contributed by atoms with Crippen LogP contribution < -0.4 is 10.2 Å². The molecule has 0 saturated carbocycles. The molecule has 0 unspecified atom stereocenters. The third-order valence-electron chi connectivity index (χ3n) is 5.42. The summed E-state index contributed by atoms with van der Waals surface area (Å²) in [6.45, 7) is 9.82. The fraction of sp³-hybridized carbons (Fsp3) is 0.409. The molecule has 1 aromatic carbocycles. The maximum Gasteiger partial charge on any atom is 0.229 e. The molecule has 3 heterocycles. The number of rotatable bonds is 4. The van der Waals surface area contributed by atoms with E-state index in [2.05, 4.69) is 57.0 Å². The lowest BCUT2D eigenvalue weighted by Gasteiger charge is -2.31. The van der Waals surface area contributed by atoms with Crippen LogP contribution >= 0.6 is 11.3 Å². The van der Waals surface area contributed by atoms with Crippen LogP contribution in [0.3, 0.4) is 0 Å². The summed E-state index contributed by atoms with van der Waals surface area (Å²) >= 11 is 1.58. The van der Waals surface area contributed by atoms with Crippen LogP contribution in [-0.2, 0) is 4.79 Å². The summed E-state index contributed by atoms with van der Waals surface area (Å²) in [5.41, 5.74) is 5.48. The molecular weight excluding hydrogens is 382 g/mol. The number of aryl methyl sites for hydroxylation is 4. The van der Waals surface area contributed by atoms with Gasteiger partial charge in [0.05, 0.1) is 5.92 Å². The van der Waals surface area contributed by atoms with Crippen LogP contribution in [0.2, 0.25) is 0 Å². The molecule has 6 nitrogen and oxygen atoms in total. The molecule has 2 aromatic heterocycles. The third kappa shape index (κ3) is 4.19. The molecule has 4 rings (SSSR count). The number of nitrogens with one attached hydrogen (secondary N) is 1. The van der Waals surface area contributed by atoms with Gasteiger partial charge >= 0.3 is 0 Å². The number of hydrogen-bond acceptors (Lipinski definition) is 5. The normalized spacial score (nSPS) is 16.8. The topological polar surface area (TPSA) is 63.1 Å². The molecule has 1 aliphatic heterocycles. The zero-order valence-electron chi connectivity index (χ0n) is 17.4. The average Bonchev–Trinajstić information content (AvgIpc) is 3.27. The second-order valence-electron chi connectivity index (χ2n) is 7.97. The van der Waals surface area contributed by atoms with Crippen LogP contribution in [-0.4, -0.2) is 33.8 Å². The Morgan fingerprint density at radius 1 is 1.03 bits per heavy atom. The molecule has 7 heteroatoms. The van der Waals surface area contributed by atoms with Gasteiger partial charge in [-0.15, -0.1) is 10.2 Å². The number of benzene rings is 1. The Kier molecular flexibility index (Phi) is 5.41. The van der Waals surface area contributed by atoms with Crippen molar-refractivity contribution >= 4 is 28.1 Å². The molecule has 1 N–H and O–H groups in total. The highest BCUT2D eigenvalue weighted by atomic mass is 32.1. The number of aromatic nitrogens is 3. The lowest BCUT2D eigenvalue weighted by molar-refractivity contribution is -0.120. The Morgan fingerprint density at radius 2 is 1.69 bits per heavy atom. The molecule has 1 amide bonds. The smallest absolute Gasteiger partial charge is 0.229 e. The van der Waals surface area contributed by atoms with Gasteiger partial charge in [-0.2, -0.15) is 0 Å². The van der Waals surface area contributed by atoms with E-state index in [0.717, 1.165) is 57.9 Å². The maximum absolute atomic E-state index is 12.9. The van der Waals surface area contributed by atoms with Gasteiger partial charge in [-0.25, -0.2) is 0 Å². The first-order chi connectivity index (χ1) is 13.9. The quantitative estimate of drug-likeness (QED) is 0.693. The summed E-state index contributed by atoms with van der Waals surface area (Å²) in [6, 6.07) is 10.3. The Morgan fingerprint density at radius 3 is 2.38 bits per heavy atom. The van der Waals surface area contributed by atoms with Crippen molar-refractivity contribution in [3.8, 4) is 5.13 Å². The van der Waals surface area contributed by atoms with Gasteiger partial charge in [-0.1, -0.05) is 17.4 Å². The summed E-state index contributed by atoms with van der Waals surface area (Å²) in [5.74, 6) is 0.0357. The highest BCUT2D eigenvalue weighted by Gasteiger charge is 2.28. The van der Waals surface area contributed by atoms with E-state index in [4.69, 9.17) is 0 Å². The van der Waals surface area contributed by atoms with E-state index in [0.29, 0.717) is 6.54 Å². The van der Waals surface area contributed by atoms with Gasteiger partial charge in [0.15, 0.2) is 0 Å². The van der Waals surface area contributed by atoms with Gasteiger partial charge < -0.3 is 10.2 Å². The van der Waals surface area contributed by atoms with Crippen molar-refractivity contribution in [3.63, 3.8) is 0 Å². The number of carbonyl (C=O) groups excluding carboxylic acids is 1. The number of anilines is 2. The Bertz CT molecular complexity index is 998. The molecule has 1 fully saturated rings. The zero-order chi connectivity index (χ0) is 20.5. The molecule has 152 valence electrons. The van der Waals surface area contributed by atoms with Crippen LogP contribution in [0.25, 0.3) is 5.13 Å². The molecule has 1 saturated heterocycles. The van der Waals surface area contributed by atoms with E-state index in [9.17, 15) is 4.79 Å². The van der Waals surface area contributed by atoms with Gasteiger partial charge in [0.1, 0.15) is 0 Å². The Balaban J connectivity index is 1.46. The van der Waals surface area contributed by atoms with Crippen LogP contribution in [0.15, 0.2) is 30.3 Å². The Hall–Kier alpha value is -2.67. The lowest BCUT2D eigenvalue weighted by atomic mass is 9.97. The van der Waals surface area contributed by atoms with E-state index in [-0.39, 0.29) is 11.8 Å². The molecule has 0 aliphatic carbocycles. The first-order valence-electron chi connectivity index (χ1n) is 10.0. The summed E-state index contributed by atoms with van der Waals surface area (Å²) in [4.78, 5) is 15.1. The van der Waals surface area contributed by atoms with Gasteiger partial charge in [0.2, 0.25) is 16.2 Å². The maximum atomic E-state index is 12.9. The molecular formula is C22H27N5OS. The lowest BCUT2D eigenvalue weighted by Crippen LogP contribution is -2.40. The summed E-state index contributed by atoms with van der Waals surface area (Å²) in [6.07, 6.45) is 1.87. The van der Waals surface area contributed by atoms with Crippen molar-refractivity contribution in [1.82, 2.24) is 14.8 Å². The number of carbonyl (C=O) groups is 1. The van der Waals surface area contributed by atoms with Crippen LogP contribution in [0, 0.1) is 33.6 Å². The van der Waals surface area contributed by atoms with Crippen molar-refractivity contribution in [2.75, 3.05) is 23.3 Å². The van der Waals surface area contributed by atoms with Crippen molar-refractivity contribution < 1.29 is 4.79 Å². The van der Waals surface area contributed by atoms with Gasteiger partial charge in [0, 0.05) is 30.2 Å². The van der Waals surface area contributed by atoms with Gasteiger partial charge in [-0.3, -0.25) is 9.36 Å². The highest BCUT2D eigenvalue weighted by Crippen LogP contribution is 2.29. The molecule has 3 aromatic rings. The molecule has 0 bridgehead atoms. The largest absolute Gasteiger partial charge is 0.346 e. The van der Waals surface area contributed by atoms with Gasteiger partial charge in [-0.05, 0) is 75.9 Å². The third-order valence-corrected chi connectivity index (χ3v) is 6.39. The van der Waals surface area contributed by atoms with Crippen LogP contribution in [0.4, 0.5) is 10.8 Å². The second kappa shape index (κ2) is 7.99. The fourth-order valence-corrected chi connectivity index (χ4v) is 5.05. The van der Waals surface area contributed by atoms with Crippen LogP contribution in [0.5, 0.6) is 0 Å². The molecule has 0 spiro atoms. The van der Waals surface area contributed by atoms with E-state index < -0.39 is 0 Å². The second-order valence-corrected chi connectivity index (χ2v) is 8.90. The van der Waals surface area contributed by atoms with E-state index in [1.165, 1.54) is 0 Å². The van der Waals surface area contributed by atoms with E-state index in [1.807, 2.05) is 26.0 Å². The van der Waals surface area contributed by atoms with E-state index >= 15 is 0 Å². The van der Waals surface area contributed by atoms with Crippen molar-refractivity contribution in [2.45, 2.75) is 40.5 Å². The number of nitrogens with zero attached hydrogens (tertiary/aromatic N) is 4. The fourth-order valence-electron chi connectivity index (χ4n) is 4.05. The zero-order valence-corrected chi connectivity index (χ0v) is 18.2. The Labute approximate surface area is 175 Å². The minimum absolute atomic E-state index is 0.0491. The summed E-state index contributed by atoms with van der Waals surface area (Å²) in [7, 11) is 0. The minimum Gasteiger partial charge on any atom is -0.346 e. The molecule has 1 aliphatic rings. The first kappa shape index (κ1) is 19.6. The monoisotopic (exact) mass is 409 g/mol. The van der Waals surface area contributed by atoms with Crippen molar-refractivity contribution in [3.05, 3.63) is 52.8 Å². The standard InChI is InChI=1S/C22H27N5OS/c1-14-10-15(2)12-19(11-14)23-20(28)18-6-5-9-26(13-18)21-24-25-22(29-21)27-16(3)7-8-17(27)4/h7-8,10-12,18H,5-6,9,13H2,1-4H3,(H,23,28)/t18-/m0/s1. The van der Waals surface area contributed by atoms with E-state index in [1.54, 1.807) is 11.3 Å². The summed E-state index contributed by atoms with van der Waals surface area (Å²) in [5, 5.41) is 13.7. The first-order valence-corrected chi connectivity index (χ1v) is 10.9. The number of hydrogen-bond donors (Lipinski definition) is 1. The van der Waals surface area contributed by atoms with Crippen LogP contribution in [0.1, 0.15) is 35.4 Å². The molecule has 1 atom stereocenters. The molecule has 29 heavy (non-hydrogen) atoms. The predicted molar refractivity (Wildman–Crippen MR) is 118 cm³/mol. The van der Waals surface area contributed by atoms with Crippen molar-refractivity contribution in [2.24, 2.45) is 5.92 Å². The van der Waals surface area contributed by atoms with Gasteiger partial charge in [0.25, 0.3) is 0 Å². The van der Waals surface area contributed by atoms with Crippen molar-refractivity contribution in [1.29, 1.82) is 0 Å². The number of piperidine rings is 1. The summed E-state index contributed by atoms with van der Waals surface area (Å²) < 4.78 is 2.12.